The highest BCUT2D eigenvalue weighted by molar-refractivity contribution is 5.37. The summed E-state index contributed by atoms with van der Waals surface area (Å²) in [4.78, 5) is 15.1. The molecule has 0 unspecified atom stereocenters. The molecule has 114 valence electrons. The summed E-state index contributed by atoms with van der Waals surface area (Å²) in [5.41, 5.74) is 5.82. The van der Waals surface area contributed by atoms with Crippen LogP contribution in [0.25, 0.3) is 5.95 Å². The van der Waals surface area contributed by atoms with Gasteiger partial charge in [-0.05, 0) is 18.9 Å². The van der Waals surface area contributed by atoms with Crippen molar-refractivity contribution in [3.63, 3.8) is 0 Å². The molecule has 0 radical (unpaired) electrons. The van der Waals surface area contributed by atoms with Crippen molar-refractivity contribution in [3.8, 4) is 5.95 Å². The van der Waals surface area contributed by atoms with Crippen molar-refractivity contribution >= 4 is 11.9 Å². The number of hydrogen-bond donors (Lipinski definition) is 1. The molecule has 0 aromatic carbocycles. The average molecular weight is 289 g/mol. The van der Waals surface area contributed by atoms with Crippen LogP contribution in [0.1, 0.15) is 33.6 Å². The molecule has 0 aliphatic rings. The van der Waals surface area contributed by atoms with E-state index in [4.69, 9.17) is 5.73 Å². The van der Waals surface area contributed by atoms with Crippen LogP contribution in [0.5, 0.6) is 0 Å². The van der Waals surface area contributed by atoms with Crippen molar-refractivity contribution < 1.29 is 0 Å². The van der Waals surface area contributed by atoms with Gasteiger partial charge in [0.25, 0.3) is 5.95 Å². The first kappa shape index (κ1) is 15.2. The van der Waals surface area contributed by atoms with E-state index in [9.17, 15) is 0 Å². The maximum absolute atomic E-state index is 5.82. The Hall–Kier alpha value is -2.18. The lowest BCUT2D eigenvalue weighted by molar-refractivity contribution is 0.482. The lowest BCUT2D eigenvalue weighted by Crippen LogP contribution is -2.31. The number of nitrogens with two attached hydrogens (primary N) is 1. The zero-order chi connectivity index (χ0) is 15.2. The minimum Gasteiger partial charge on any atom is -0.368 e. The molecule has 0 atom stereocenters. The van der Waals surface area contributed by atoms with Gasteiger partial charge >= 0.3 is 0 Å². The van der Waals surface area contributed by atoms with E-state index in [0.29, 0.717) is 17.8 Å². The van der Waals surface area contributed by atoms with Gasteiger partial charge in [0, 0.05) is 25.5 Å². The molecular formula is C14H23N7. The molecule has 0 saturated heterocycles. The van der Waals surface area contributed by atoms with Gasteiger partial charge in [0.15, 0.2) is 0 Å². The largest absolute Gasteiger partial charge is 0.368 e. The Morgan fingerprint density at radius 3 is 2.52 bits per heavy atom. The highest BCUT2D eigenvalue weighted by Crippen LogP contribution is 2.16. The second-order valence-corrected chi connectivity index (χ2v) is 4.97. The summed E-state index contributed by atoms with van der Waals surface area (Å²) < 4.78 is 1.59. The van der Waals surface area contributed by atoms with Crippen molar-refractivity contribution in [2.45, 2.75) is 33.6 Å². The van der Waals surface area contributed by atoms with Gasteiger partial charge in [0.05, 0.1) is 0 Å². The highest BCUT2D eigenvalue weighted by atomic mass is 15.4. The van der Waals surface area contributed by atoms with E-state index < -0.39 is 0 Å². The number of aromatic nitrogens is 5. The van der Waals surface area contributed by atoms with E-state index in [2.05, 4.69) is 45.7 Å². The molecule has 0 aliphatic carbocycles. The summed E-state index contributed by atoms with van der Waals surface area (Å²) in [6, 6.07) is 1.82. The van der Waals surface area contributed by atoms with Gasteiger partial charge in [-0.3, -0.25) is 0 Å². The normalized spacial score (nSPS) is 11.0. The third-order valence-corrected chi connectivity index (χ3v) is 3.64. The lowest BCUT2D eigenvalue weighted by Gasteiger charge is -2.25. The lowest BCUT2D eigenvalue weighted by atomic mass is 10.0. The average Bonchev–Trinajstić information content (AvgIpc) is 3.02. The molecule has 0 aliphatic heterocycles. The Morgan fingerprint density at radius 2 is 1.95 bits per heavy atom. The smallest absolute Gasteiger partial charge is 0.257 e. The summed E-state index contributed by atoms with van der Waals surface area (Å²) in [5, 5.41) is 4.14. The molecule has 2 rings (SSSR count). The number of rotatable bonds is 7. The van der Waals surface area contributed by atoms with E-state index in [1.807, 2.05) is 6.07 Å². The predicted molar refractivity (Wildman–Crippen MR) is 83.3 cm³/mol. The number of anilines is 2. The molecule has 7 heteroatoms. The summed E-state index contributed by atoms with van der Waals surface area (Å²) in [5.74, 6) is 1.90. The Balaban J connectivity index is 2.29. The molecule has 2 heterocycles. The molecule has 0 amide bonds. The molecule has 0 fully saturated rings. The van der Waals surface area contributed by atoms with E-state index in [1.54, 1.807) is 17.1 Å². The van der Waals surface area contributed by atoms with Crippen LogP contribution in [0, 0.1) is 5.92 Å². The van der Waals surface area contributed by atoms with Crippen LogP contribution in [0.4, 0.5) is 11.9 Å². The van der Waals surface area contributed by atoms with Gasteiger partial charge in [0.2, 0.25) is 11.9 Å². The van der Waals surface area contributed by atoms with Crippen molar-refractivity contribution in [2.75, 3.05) is 23.7 Å². The molecule has 0 bridgehead atoms. The van der Waals surface area contributed by atoms with Crippen LogP contribution in [-0.4, -0.2) is 37.8 Å². The molecular weight excluding hydrogens is 266 g/mol. The third kappa shape index (κ3) is 3.68. The SMILES string of the molecule is CCC(CC)CN(CC)c1nc(N)nc(-n2cccn2)n1. The van der Waals surface area contributed by atoms with Gasteiger partial charge < -0.3 is 10.6 Å². The first-order valence-corrected chi connectivity index (χ1v) is 7.44. The van der Waals surface area contributed by atoms with Crippen LogP contribution < -0.4 is 10.6 Å². The van der Waals surface area contributed by atoms with Crippen LogP contribution >= 0.6 is 0 Å². The maximum atomic E-state index is 5.82. The number of nitrogen functional groups attached to an aromatic ring is 1. The first-order valence-electron chi connectivity index (χ1n) is 7.44. The third-order valence-electron chi connectivity index (χ3n) is 3.64. The minimum atomic E-state index is 0.216. The maximum Gasteiger partial charge on any atom is 0.257 e. The van der Waals surface area contributed by atoms with Crippen LogP contribution in [0.15, 0.2) is 18.5 Å². The zero-order valence-electron chi connectivity index (χ0n) is 12.9. The number of nitrogens with zero attached hydrogens (tertiary/aromatic N) is 6. The molecule has 0 saturated carbocycles. The van der Waals surface area contributed by atoms with Crippen LogP contribution in [-0.2, 0) is 0 Å². The monoisotopic (exact) mass is 289 g/mol. The number of hydrogen-bond acceptors (Lipinski definition) is 6. The summed E-state index contributed by atoms with van der Waals surface area (Å²) in [7, 11) is 0. The standard InChI is InChI=1S/C14H23N7/c1-4-11(5-2)10-20(6-3)13-17-12(15)18-14(19-13)21-9-7-8-16-21/h7-9,11H,4-6,10H2,1-3H3,(H2,15,17,18,19). The Morgan fingerprint density at radius 1 is 1.19 bits per heavy atom. The van der Waals surface area contributed by atoms with Gasteiger partial charge in [-0.2, -0.15) is 20.1 Å². The van der Waals surface area contributed by atoms with Gasteiger partial charge in [0.1, 0.15) is 0 Å². The fourth-order valence-corrected chi connectivity index (χ4v) is 2.21. The Kier molecular flexibility index (Phi) is 5.08. The molecule has 2 N–H and O–H groups in total. The van der Waals surface area contributed by atoms with Crippen LogP contribution in [0.3, 0.4) is 0 Å². The van der Waals surface area contributed by atoms with E-state index in [-0.39, 0.29) is 5.95 Å². The topological polar surface area (TPSA) is 85.8 Å². The second kappa shape index (κ2) is 7.01. The van der Waals surface area contributed by atoms with Crippen LogP contribution in [0.2, 0.25) is 0 Å². The van der Waals surface area contributed by atoms with Crippen molar-refractivity contribution in [2.24, 2.45) is 5.92 Å². The Bertz CT molecular complexity index is 548. The Labute approximate surface area is 125 Å². The summed E-state index contributed by atoms with van der Waals surface area (Å²) in [6.45, 7) is 8.26. The fraction of sp³-hybridized carbons (Fsp3) is 0.571. The molecule has 0 spiro atoms. The van der Waals surface area contributed by atoms with E-state index in [1.165, 1.54) is 0 Å². The fourth-order valence-electron chi connectivity index (χ4n) is 2.21. The van der Waals surface area contributed by atoms with Gasteiger partial charge in [-0.25, -0.2) is 4.68 Å². The first-order chi connectivity index (χ1) is 10.2. The van der Waals surface area contributed by atoms with Gasteiger partial charge in [-0.1, -0.05) is 26.7 Å². The summed E-state index contributed by atoms with van der Waals surface area (Å²) >= 11 is 0. The van der Waals surface area contributed by atoms with E-state index in [0.717, 1.165) is 25.9 Å². The molecule has 21 heavy (non-hydrogen) atoms. The summed E-state index contributed by atoms with van der Waals surface area (Å²) in [6.07, 6.45) is 5.75. The molecule has 2 aromatic rings. The minimum absolute atomic E-state index is 0.216. The van der Waals surface area contributed by atoms with Crippen molar-refractivity contribution in [1.82, 2.24) is 24.7 Å². The molecule has 7 nitrogen and oxygen atoms in total. The van der Waals surface area contributed by atoms with Gasteiger partial charge in [-0.15, -0.1) is 0 Å². The predicted octanol–water partition coefficient (Wildman–Crippen LogP) is 1.90. The highest BCUT2D eigenvalue weighted by Gasteiger charge is 2.15. The van der Waals surface area contributed by atoms with Crippen molar-refractivity contribution in [3.05, 3.63) is 18.5 Å². The van der Waals surface area contributed by atoms with Crippen molar-refractivity contribution in [1.29, 1.82) is 0 Å². The van der Waals surface area contributed by atoms with E-state index >= 15 is 0 Å². The molecule has 2 aromatic heterocycles. The second-order valence-electron chi connectivity index (χ2n) is 4.97. The quantitative estimate of drug-likeness (QED) is 0.838. The zero-order valence-corrected chi connectivity index (χ0v) is 12.9.